The van der Waals surface area contributed by atoms with Gasteiger partial charge in [0.15, 0.2) is 0 Å². The van der Waals surface area contributed by atoms with Gasteiger partial charge in [-0.1, -0.05) is 6.07 Å². The summed E-state index contributed by atoms with van der Waals surface area (Å²) in [5.41, 5.74) is 7.98. The van der Waals surface area contributed by atoms with Gasteiger partial charge in [0.05, 0.1) is 16.3 Å². The molecule has 18 heavy (non-hydrogen) atoms. The van der Waals surface area contributed by atoms with E-state index >= 15 is 0 Å². The van der Waals surface area contributed by atoms with E-state index in [4.69, 9.17) is 10.3 Å². The fraction of sp³-hybridized carbons (Fsp3) is 0.182. The molecule has 3 N–H and O–H groups in total. The molecule has 1 heterocycles. The highest BCUT2D eigenvalue weighted by molar-refractivity contribution is 7.85. The minimum atomic E-state index is -4.23. The van der Waals surface area contributed by atoms with Crippen LogP contribution in [0.15, 0.2) is 29.2 Å². The first kappa shape index (κ1) is 12.6. The summed E-state index contributed by atoms with van der Waals surface area (Å²) in [7, 11) is -4.23. The molecule has 0 atom stereocenters. The number of rotatable bonds is 2. The third-order valence-electron chi connectivity index (χ3n) is 2.77. The van der Waals surface area contributed by atoms with Gasteiger partial charge in [0, 0.05) is 5.56 Å². The third kappa shape index (κ3) is 2.09. The molecule has 0 bridgehead atoms. The van der Waals surface area contributed by atoms with Crippen LogP contribution < -0.4 is 5.73 Å². The lowest BCUT2D eigenvalue weighted by Gasteiger charge is -2.05. The molecule has 1 aromatic carbocycles. The molecule has 0 aliphatic carbocycles. The van der Waals surface area contributed by atoms with Crippen molar-refractivity contribution in [2.45, 2.75) is 18.7 Å². The Morgan fingerprint density at radius 3 is 2.50 bits per heavy atom. The summed E-state index contributed by atoms with van der Waals surface area (Å²) in [5, 5.41) is 4.22. The summed E-state index contributed by atoms with van der Waals surface area (Å²) < 4.78 is 32.6. The summed E-state index contributed by atoms with van der Waals surface area (Å²) in [4.78, 5) is -0.190. The van der Waals surface area contributed by atoms with Crippen molar-refractivity contribution in [2.24, 2.45) is 0 Å². The molecule has 2 aromatic rings. The number of nitrogens with two attached hydrogens (primary N) is 1. The van der Waals surface area contributed by atoms with Gasteiger partial charge in [-0.15, -0.1) is 0 Å². The van der Waals surface area contributed by atoms with Crippen LogP contribution in [0.5, 0.6) is 0 Å². The number of nitrogen functional groups attached to an aromatic ring is 1. The lowest BCUT2D eigenvalue weighted by atomic mass is 10.3. The molecule has 1 aromatic heterocycles. The molecule has 96 valence electrons. The standard InChI is InChI=1S/C11H13N3O3S/c1-7-8(2)13-14(11(7)12)9-4-3-5-10(6-9)18(15,16)17/h3-6H,12H2,1-2H3,(H,15,16,17). The number of benzene rings is 1. The molecule has 0 radical (unpaired) electrons. The molecule has 0 unspecified atom stereocenters. The van der Waals surface area contributed by atoms with Gasteiger partial charge in [-0.2, -0.15) is 13.5 Å². The van der Waals surface area contributed by atoms with Crippen molar-refractivity contribution in [3.8, 4) is 5.69 Å². The highest BCUT2D eigenvalue weighted by Gasteiger charge is 2.13. The predicted octanol–water partition coefficient (Wildman–Crippen LogP) is 1.32. The quantitative estimate of drug-likeness (QED) is 0.799. The molecule has 0 spiro atoms. The molecule has 0 fully saturated rings. The van der Waals surface area contributed by atoms with Gasteiger partial charge < -0.3 is 5.73 Å². The Kier molecular flexibility index (Phi) is 2.88. The predicted molar refractivity (Wildman–Crippen MR) is 67.3 cm³/mol. The molecular formula is C11H13N3O3S. The first-order chi connectivity index (χ1) is 8.30. The number of nitrogens with zero attached hydrogens (tertiary/aromatic N) is 2. The highest BCUT2D eigenvalue weighted by atomic mass is 32.2. The van der Waals surface area contributed by atoms with Crippen LogP contribution in [0.2, 0.25) is 0 Å². The Balaban J connectivity index is 2.62. The van der Waals surface area contributed by atoms with E-state index in [2.05, 4.69) is 5.10 Å². The van der Waals surface area contributed by atoms with Crippen LogP contribution in [0.1, 0.15) is 11.3 Å². The van der Waals surface area contributed by atoms with Crippen molar-refractivity contribution in [2.75, 3.05) is 5.73 Å². The molecule has 6 nitrogen and oxygen atoms in total. The molecule has 2 rings (SSSR count). The second-order valence-corrected chi connectivity index (χ2v) is 5.40. The smallest absolute Gasteiger partial charge is 0.294 e. The van der Waals surface area contributed by atoms with E-state index < -0.39 is 10.1 Å². The Morgan fingerprint density at radius 1 is 1.33 bits per heavy atom. The van der Waals surface area contributed by atoms with Gasteiger partial charge >= 0.3 is 0 Å². The van der Waals surface area contributed by atoms with Crippen LogP contribution in [0.4, 0.5) is 5.82 Å². The van der Waals surface area contributed by atoms with Crippen molar-refractivity contribution in [1.82, 2.24) is 9.78 Å². The average Bonchev–Trinajstić information content (AvgIpc) is 2.56. The summed E-state index contributed by atoms with van der Waals surface area (Å²) in [6.45, 7) is 3.65. The van der Waals surface area contributed by atoms with Crippen molar-refractivity contribution in [3.05, 3.63) is 35.5 Å². The second kappa shape index (κ2) is 4.11. The maximum atomic E-state index is 11.1. The molecule has 7 heteroatoms. The summed E-state index contributed by atoms with van der Waals surface area (Å²) in [6.07, 6.45) is 0. The number of hydrogen-bond donors (Lipinski definition) is 2. The molecule has 0 aliphatic heterocycles. The normalized spacial score (nSPS) is 11.7. The van der Waals surface area contributed by atoms with E-state index in [1.54, 1.807) is 6.07 Å². The lowest BCUT2D eigenvalue weighted by Crippen LogP contribution is -2.04. The molecule has 0 saturated carbocycles. The highest BCUT2D eigenvalue weighted by Crippen LogP contribution is 2.21. The van der Waals surface area contributed by atoms with Crippen molar-refractivity contribution in [1.29, 1.82) is 0 Å². The molecular weight excluding hydrogens is 254 g/mol. The lowest BCUT2D eigenvalue weighted by molar-refractivity contribution is 0.483. The van der Waals surface area contributed by atoms with Crippen LogP contribution in [0.3, 0.4) is 0 Å². The first-order valence-corrected chi connectivity index (χ1v) is 6.64. The van der Waals surface area contributed by atoms with E-state index in [1.807, 2.05) is 13.8 Å². The van der Waals surface area contributed by atoms with Crippen molar-refractivity contribution >= 4 is 15.9 Å². The Morgan fingerprint density at radius 2 is 2.00 bits per heavy atom. The maximum absolute atomic E-state index is 11.1. The zero-order chi connectivity index (χ0) is 13.5. The average molecular weight is 267 g/mol. The van der Waals surface area contributed by atoms with Crippen molar-refractivity contribution in [3.63, 3.8) is 0 Å². The SMILES string of the molecule is Cc1nn(-c2cccc(S(=O)(=O)O)c2)c(N)c1C. The monoisotopic (exact) mass is 267 g/mol. The Labute approximate surface area is 105 Å². The summed E-state index contributed by atoms with van der Waals surface area (Å²) in [6, 6.07) is 5.80. The number of hydrogen-bond acceptors (Lipinski definition) is 4. The van der Waals surface area contributed by atoms with Crippen LogP contribution in [-0.4, -0.2) is 22.8 Å². The van der Waals surface area contributed by atoms with Gasteiger partial charge in [0.1, 0.15) is 5.82 Å². The summed E-state index contributed by atoms with van der Waals surface area (Å²) >= 11 is 0. The van der Waals surface area contributed by atoms with Gasteiger partial charge in [0.25, 0.3) is 10.1 Å². The summed E-state index contributed by atoms with van der Waals surface area (Å²) in [5.74, 6) is 0.444. The van der Waals surface area contributed by atoms with E-state index in [9.17, 15) is 8.42 Å². The minimum Gasteiger partial charge on any atom is -0.383 e. The van der Waals surface area contributed by atoms with Crippen LogP contribution in [0.25, 0.3) is 5.69 Å². The van der Waals surface area contributed by atoms with E-state index in [0.717, 1.165) is 11.3 Å². The van der Waals surface area contributed by atoms with E-state index in [-0.39, 0.29) is 4.90 Å². The number of aromatic nitrogens is 2. The van der Waals surface area contributed by atoms with E-state index in [0.29, 0.717) is 11.5 Å². The van der Waals surface area contributed by atoms with Crippen LogP contribution >= 0.6 is 0 Å². The fourth-order valence-corrected chi connectivity index (χ4v) is 2.12. The van der Waals surface area contributed by atoms with Gasteiger partial charge in [-0.25, -0.2) is 4.68 Å². The Hall–Kier alpha value is -1.86. The third-order valence-corrected chi connectivity index (χ3v) is 3.61. The fourth-order valence-electron chi connectivity index (χ4n) is 1.60. The Bertz CT molecular complexity index is 704. The first-order valence-electron chi connectivity index (χ1n) is 5.20. The zero-order valence-corrected chi connectivity index (χ0v) is 10.8. The molecule has 0 aliphatic rings. The number of anilines is 1. The van der Waals surface area contributed by atoms with Gasteiger partial charge in [0.2, 0.25) is 0 Å². The topological polar surface area (TPSA) is 98.2 Å². The van der Waals surface area contributed by atoms with E-state index in [1.165, 1.54) is 22.9 Å². The zero-order valence-electron chi connectivity index (χ0n) is 9.95. The van der Waals surface area contributed by atoms with Crippen LogP contribution in [0, 0.1) is 13.8 Å². The maximum Gasteiger partial charge on any atom is 0.294 e. The molecule has 0 amide bonds. The second-order valence-electron chi connectivity index (χ2n) is 3.98. The van der Waals surface area contributed by atoms with Crippen LogP contribution in [-0.2, 0) is 10.1 Å². The number of aryl methyl sites for hydroxylation is 1. The van der Waals surface area contributed by atoms with Crippen molar-refractivity contribution < 1.29 is 13.0 Å². The molecule has 0 saturated heterocycles. The van der Waals surface area contributed by atoms with Gasteiger partial charge in [-0.3, -0.25) is 4.55 Å². The minimum absolute atomic E-state index is 0.190. The van der Waals surface area contributed by atoms with Gasteiger partial charge in [-0.05, 0) is 32.0 Å². The largest absolute Gasteiger partial charge is 0.383 e.